The smallest absolute Gasteiger partial charge is 0.246 e. The van der Waals surface area contributed by atoms with Crippen LogP contribution in [0, 0.1) is 5.92 Å². The van der Waals surface area contributed by atoms with Crippen molar-refractivity contribution < 1.29 is 9.59 Å². The second kappa shape index (κ2) is 6.68. The Hall–Kier alpha value is -0.940. The number of amides is 2. The zero-order chi connectivity index (χ0) is 14.7. The molecule has 0 aromatic heterocycles. The van der Waals surface area contributed by atoms with Gasteiger partial charge in [-0.3, -0.25) is 14.5 Å². The molecule has 0 bridgehead atoms. The second-order valence-electron chi connectivity index (χ2n) is 6.29. The van der Waals surface area contributed by atoms with Crippen LogP contribution in [0.4, 0.5) is 0 Å². The molecule has 20 heavy (non-hydrogen) atoms. The molecular weight excluding hydrogens is 254 g/mol. The average Bonchev–Trinajstić information content (AvgIpc) is 2.97. The molecule has 2 fully saturated rings. The van der Waals surface area contributed by atoms with Gasteiger partial charge in [0.25, 0.3) is 0 Å². The maximum Gasteiger partial charge on any atom is 0.246 e. The van der Waals surface area contributed by atoms with Crippen molar-refractivity contribution >= 4 is 11.8 Å². The number of likely N-dealkylation sites (tertiary alicyclic amines) is 2. The number of nitrogens with zero attached hydrogens (tertiary/aromatic N) is 2. The van der Waals surface area contributed by atoms with Crippen LogP contribution in [0.3, 0.4) is 0 Å². The van der Waals surface area contributed by atoms with Gasteiger partial charge in [0, 0.05) is 19.1 Å². The molecule has 2 saturated heterocycles. The summed E-state index contributed by atoms with van der Waals surface area (Å²) in [7, 11) is 0. The molecule has 2 amide bonds. The van der Waals surface area contributed by atoms with Crippen molar-refractivity contribution in [2.24, 2.45) is 5.92 Å². The predicted octanol–water partition coefficient (Wildman–Crippen LogP) is 0.844. The Morgan fingerprint density at radius 3 is 2.70 bits per heavy atom. The summed E-state index contributed by atoms with van der Waals surface area (Å²) < 4.78 is 0. The number of rotatable bonds is 6. The summed E-state index contributed by atoms with van der Waals surface area (Å²) >= 11 is 0. The Morgan fingerprint density at radius 2 is 2.10 bits per heavy atom. The minimum atomic E-state index is -0.290. The highest BCUT2D eigenvalue weighted by Gasteiger charge is 2.38. The van der Waals surface area contributed by atoms with Crippen molar-refractivity contribution in [2.75, 3.05) is 26.2 Å². The molecule has 0 aliphatic carbocycles. The Morgan fingerprint density at radius 1 is 1.35 bits per heavy atom. The molecule has 0 aromatic rings. The van der Waals surface area contributed by atoms with E-state index >= 15 is 0 Å². The van der Waals surface area contributed by atoms with Gasteiger partial charge in [0.15, 0.2) is 0 Å². The standard InChI is InChI=1S/C15H27N3O2/c1-4-6-18-14(19)8-13(15(18)20)16-9-12-5-7-17(10-12)11(2)3/h11-13,16H,4-10H2,1-3H3. The molecule has 2 heterocycles. The van der Waals surface area contributed by atoms with Gasteiger partial charge < -0.3 is 10.2 Å². The first-order valence-electron chi connectivity index (χ1n) is 7.84. The molecule has 0 radical (unpaired) electrons. The van der Waals surface area contributed by atoms with E-state index in [2.05, 4.69) is 24.1 Å². The first-order chi connectivity index (χ1) is 9.52. The third-order valence-electron chi connectivity index (χ3n) is 4.39. The number of nitrogens with one attached hydrogen (secondary N) is 1. The molecule has 0 aromatic carbocycles. The fourth-order valence-corrected chi connectivity index (χ4v) is 3.11. The van der Waals surface area contributed by atoms with Gasteiger partial charge in [-0.05, 0) is 45.7 Å². The van der Waals surface area contributed by atoms with Crippen molar-refractivity contribution in [2.45, 2.75) is 52.1 Å². The van der Waals surface area contributed by atoms with Crippen LogP contribution >= 0.6 is 0 Å². The third-order valence-corrected chi connectivity index (χ3v) is 4.39. The van der Waals surface area contributed by atoms with Gasteiger partial charge >= 0.3 is 0 Å². The van der Waals surface area contributed by atoms with E-state index in [0.717, 1.165) is 26.1 Å². The zero-order valence-corrected chi connectivity index (χ0v) is 12.9. The minimum Gasteiger partial charge on any atom is -0.305 e. The number of carbonyl (C=O) groups excluding carboxylic acids is 2. The van der Waals surface area contributed by atoms with E-state index in [1.165, 1.54) is 11.3 Å². The molecule has 2 rings (SSSR count). The lowest BCUT2D eigenvalue weighted by atomic mass is 10.1. The summed E-state index contributed by atoms with van der Waals surface area (Å²) in [6.45, 7) is 10.1. The lowest BCUT2D eigenvalue weighted by Gasteiger charge is -2.21. The maximum atomic E-state index is 12.1. The lowest BCUT2D eigenvalue weighted by Crippen LogP contribution is -2.41. The molecular formula is C15H27N3O2. The molecule has 2 atom stereocenters. The maximum absolute atomic E-state index is 12.1. The zero-order valence-electron chi connectivity index (χ0n) is 12.9. The van der Waals surface area contributed by atoms with E-state index in [1.54, 1.807) is 0 Å². The Balaban J connectivity index is 1.78. The largest absolute Gasteiger partial charge is 0.305 e. The van der Waals surface area contributed by atoms with Gasteiger partial charge in [0.2, 0.25) is 11.8 Å². The van der Waals surface area contributed by atoms with Gasteiger partial charge in [-0.15, -0.1) is 0 Å². The molecule has 5 heteroatoms. The van der Waals surface area contributed by atoms with Crippen molar-refractivity contribution in [1.82, 2.24) is 15.1 Å². The van der Waals surface area contributed by atoms with Crippen LogP contribution < -0.4 is 5.32 Å². The quantitative estimate of drug-likeness (QED) is 0.733. The number of hydrogen-bond donors (Lipinski definition) is 1. The SMILES string of the molecule is CCCN1C(=O)CC(NCC2CCN(C(C)C)C2)C1=O. The van der Waals surface area contributed by atoms with E-state index < -0.39 is 0 Å². The second-order valence-corrected chi connectivity index (χ2v) is 6.29. The van der Waals surface area contributed by atoms with Gasteiger partial charge in [0.05, 0.1) is 12.5 Å². The monoisotopic (exact) mass is 281 g/mol. The summed E-state index contributed by atoms with van der Waals surface area (Å²) in [6, 6.07) is 0.303. The molecule has 114 valence electrons. The molecule has 2 aliphatic heterocycles. The van der Waals surface area contributed by atoms with E-state index in [-0.39, 0.29) is 17.9 Å². The van der Waals surface area contributed by atoms with Crippen molar-refractivity contribution in [1.29, 1.82) is 0 Å². The molecule has 0 spiro atoms. The Kier molecular flexibility index (Phi) is 5.16. The van der Waals surface area contributed by atoms with Crippen LogP contribution in [-0.4, -0.2) is 59.9 Å². The number of imide groups is 1. The summed E-state index contributed by atoms with van der Waals surface area (Å²) in [5.41, 5.74) is 0. The van der Waals surface area contributed by atoms with Crippen LogP contribution in [0.25, 0.3) is 0 Å². The van der Waals surface area contributed by atoms with Gasteiger partial charge in [-0.2, -0.15) is 0 Å². The molecule has 0 saturated carbocycles. The van der Waals surface area contributed by atoms with Crippen molar-refractivity contribution in [3.05, 3.63) is 0 Å². The van der Waals surface area contributed by atoms with Crippen LogP contribution in [0.15, 0.2) is 0 Å². The highest BCUT2D eigenvalue weighted by atomic mass is 16.2. The first-order valence-corrected chi connectivity index (χ1v) is 7.84. The van der Waals surface area contributed by atoms with E-state index in [9.17, 15) is 9.59 Å². The van der Waals surface area contributed by atoms with Crippen molar-refractivity contribution in [3.63, 3.8) is 0 Å². The fraction of sp³-hybridized carbons (Fsp3) is 0.867. The van der Waals surface area contributed by atoms with Crippen molar-refractivity contribution in [3.8, 4) is 0 Å². The van der Waals surface area contributed by atoms with E-state index in [4.69, 9.17) is 0 Å². The van der Waals surface area contributed by atoms with Crippen LogP contribution in [0.1, 0.15) is 40.0 Å². The normalized spacial score (nSPS) is 28.1. The molecule has 2 aliphatic rings. The summed E-state index contributed by atoms with van der Waals surface area (Å²) in [5, 5.41) is 3.31. The molecule has 5 nitrogen and oxygen atoms in total. The molecule has 1 N–H and O–H groups in total. The topological polar surface area (TPSA) is 52.7 Å². The van der Waals surface area contributed by atoms with Crippen LogP contribution in [0.2, 0.25) is 0 Å². The third kappa shape index (κ3) is 3.38. The summed E-state index contributed by atoms with van der Waals surface area (Å²) in [5.74, 6) is 0.542. The van der Waals surface area contributed by atoms with Gasteiger partial charge in [-0.1, -0.05) is 6.92 Å². The average molecular weight is 281 g/mol. The van der Waals surface area contributed by atoms with Crippen LogP contribution in [-0.2, 0) is 9.59 Å². The van der Waals surface area contributed by atoms with Gasteiger partial charge in [-0.25, -0.2) is 0 Å². The van der Waals surface area contributed by atoms with Crippen LogP contribution in [0.5, 0.6) is 0 Å². The lowest BCUT2D eigenvalue weighted by molar-refractivity contribution is -0.138. The first kappa shape index (κ1) is 15.4. The molecule has 2 unspecified atom stereocenters. The Labute approximate surface area is 121 Å². The summed E-state index contributed by atoms with van der Waals surface area (Å²) in [6.07, 6.45) is 2.34. The highest BCUT2D eigenvalue weighted by Crippen LogP contribution is 2.19. The number of hydrogen-bond acceptors (Lipinski definition) is 4. The fourth-order valence-electron chi connectivity index (χ4n) is 3.11. The summed E-state index contributed by atoms with van der Waals surface area (Å²) in [4.78, 5) is 27.8. The van der Waals surface area contributed by atoms with E-state index in [0.29, 0.717) is 24.9 Å². The number of carbonyl (C=O) groups is 2. The Bertz CT molecular complexity index is 370. The van der Waals surface area contributed by atoms with Gasteiger partial charge in [0.1, 0.15) is 0 Å². The minimum absolute atomic E-state index is 0.0235. The van der Waals surface area contributed by atoms with E-state index in [1.807, 2.05) is 6.92 Å². The predicted molar refractivity (Wildman–Crippen MR) is 78.2 cm³/mol. The highest BCUT2D eigenvalue weighted by molar-refractivity contribution is 6.05.